The number of benzene rings is 2. The molecule has 1 amide bonds. The second-order valence-corrected chi connectivity index (χ2v) is 8.05. The number of rotatable bonds is 8. The Morgan fingerprint density at radius 2 is 1.61 bits per heavy atom. The van der Waals surface area contributed by atoms with E-state index >= 15 is 0 Å². The van der Waals surface area contributed by atoms with Crippen molar-refractivity contribution >= 4 is 6.09 Å². The molecule has 5 heteroatoms. The predicted molar refractivity (Wildman–Crippen MR) is 112 cm³/mol. The zero-order valence-corrected chi connectivity index (χ0v) is 17.2. The number of aliphatic hydroxyl groups excluding tert-OH is 1. The van der Waals surface area contributed by atoms with Gasteiger partial charge >= 0.3 is 6.09 Å². The van der Waals surface area contributed by atoms with E-state index in [0.717, 1.165) is 11.1 Å². The van der Waals surface area contributed by atoms with Crippen molar-refractivity contribution in [2.75, 3.05) is 6.54 Å². The molecular weight excluding hydrogens is 352 g/mol. The number of aliphatic hydroxyl groups is 1. The Labute approximate surface area is 168 Å². The fourth-order valence-corrected chi connectivity index (χ4v) is 2.91. The molecule has 0 aliphatic carbocycles. The van der Waals surface area contributed by atoms with Crippen molar-refractivity contribution in [1.29, 1.82) is 0 Å². The highest BCUT2D eigenvalue weighted by Gasteiger charge is 2.25. The number of amides is 1. The first-order valence-electron chi connectivity index (χ1n) is 9.74. The van der Waals surface area contributed by atoms with E-state index in [4.69, 9.17) is 4.74 Å². The van der Waals surface area contributed by atoms with E-state index in [0.29, 0.717) is 13.0 Å². The van der Waals surface area contributed by atoms with Gasteiger partial charge in [-0.2, -0.15) is 0 Å². The van der Waals surface area contributed by atoms with Gasteiger partial charge in [0.25, 0.3) is 0 Å². The number of carbonyl (C=O) groups excluding carboxylic acids is 1. The summed E-state index contributed by atoms with van der Waals surface area (Å²) < 4.78 is 5.37. The molecule has 0 bridgehead atoms. The van der Waals surface area contributed by atoms with E-state index in [1.807, 2.05) is 81.4 Å². The molecule has 0 unspecified atom stereocenters. The maximum atomic E-state index is 12.3. The third kappa shape index (κ3) is 7.71. The summed E-state index contributed by atoms with van der Waals surface area (Å²) >= 11 is 0. The quantitative estimate of drug-likeness (QED) is 0.647. The molecule has 0 radical (unpaired) electrons. The van der Waals surface area contributed by atoms with Crippen molar-refractivity contribution in [3.05, 3.63) is 71.8 Å². The zero-order chi connectivity index (χ0) is 20.6. The minimum absolute atomic E-state index is 0.0924. The largest absolute Gasteiger partial charge is 0.444 e. The molecule has 0 aliphatic heterocycles. The molecule has 2 aromatic carbocycles. The Morgan fingerprint density at radius 1 is 1.04 bits per heavy atom. The van der Waals surface area contributed by atoms with Gasteiger partial charge in [0.1, 0.15) is 5.60 Å². The van der Waals surface area contributed by atoms with Gasteiger partial charge in [-0.15, -0.1) is 0 Å². The summed E-state index contributed by atoms with van der Waals surface area (Å²) in [5.74, 6) is 0. The lowest BCUT2D eigenvalue weighted by Gasteiger charge is -2.28. The molecule has 3 atom stereocenters. The number of alkyl carbamates (subject to hydrolysis) is 1. The van der Waals surface area contributed by atoms with Crippen LogP contribution in [0.2, 0.25) is 0 Å². The molecule has 0 saturated heterocycles. The lowest BCUT2D eigenvalue weighted by Crippen LogP contribution is -2.50. The van der Waals surface area contributed by atoms with Crippen molar-refractivity contribution < 1.29 is 14.6 Å². The number of carbonyl (C=O) groups is 1. The molecule has 5 nitrogen and oxygen atoms in total. The van der Waals surface area contributed by atoms with Crippen LogP contribution >= 0.6 is 0 Å². The molecular formula is C23H32N2O3. The Kier molecular flexibility index (Phi) is 8.03. The number of hydrogen-bond donors (Lipinski definition) is 3. The Bertz CT molecular complexity index is 714. The van der Waals surface area contributed by atoms with Crippen LogP contribution in [0.4, 0.5) is 4.79 Å². The highest BCUT2D eigenvalue weighted by atomic mass is 16.6. The molecule has 0 saturated carbocycles. The summed E-state index contributed by atoms with van der Waals surface area (Å²) in [5, 5.41) is 17.0. The van der Waals surface area contributed by atoms with Gasteiger partial charge in [0.05, 0.1) is 12.1 Å². The lowest BCUT2D eigenvalue weighted by molar-refractivity contribution is 0.0420. The number of hydrogen-bond acceptors (Lipinski definition) is 4. The van der Waals surface area contributed by atoms with Crippen LogP contribution in [0.15, 0.2) is 60.7 Å². The average Bonchev–Trinajstić information content (AvgIpc) is 2.65. The van der Waals surface area contributed by atoms with Crippen molar-refractivity contribution in [1.82, 2.24) is 10.6 Å². The van der Waals surface area contributed by atoms with Gasteiger partial charge in [-0.3, -0.25) is 0 Å². The molecule has 0 fully saturated rings. The van der Waals surface area contributed by atoms with Crippen molar-refractivity contribution in [3.8, 4) is 0 Å². The smallest absolute Gasteiger partial charge is 0.407 e. The monoisotopic (exact) mass is 384 g/mol. The second kappa shape index (κ2) is 10.2. The maximum Gasteiger partial charge on any atom is 0.407 e. The van der Waals surface area contributed by atoms with E-state index in [2.05, 4.69) is 17.6 Å². The SMILES string of the molecule is C[C@@H](NC[C@@H](O)[C@H](Cc1ccccc1)NC(=O)OC(C)(C)C)c1ccccc1. The second-order valence-electron chi connectivity index (χ2n) is 8.05. The first kappa shape index (κ1) is 21.9. The van der Waals surface area contributed by atoms with E-state index in [9.17, 15) is 9.90 Å². The third-order valence-corrected chi connectivity index (χ3v) is 4.40. The van der Waals surface area contributed by atoms with Crippen LogP contribution in [-0.4, -0.2) is 35.5 Å². The van der Waals surface area contributed by atoms with E-state index in [-0.39, 0.29) is 6.04 Å². The molecule has 0 spiro atoms. The molecule has 3 N–H and O–H groups in total. The van der Waals surface area contributed by atoms with Gasteiger partial charge in [0, 0.05) is 12.6 Å². The number of ether oxygens (including phenoxy) is 1. The highest BCUT2D eigenvalue weighted by molar-refractivity contribution is 5.68. The molecule has 28 heavy (non-hydrogen) atoms. The van der Waals surface area contributed by atoms with Crippen LogP contribution in [0.1, 0.15) is 44.9 Å². The first-order valence-corrected chi connectivity index (χ1v) is 9.74. The van der Waals surface area contributed by atoms with E-state index in [1.54, 1.807) is 0 Å². The van der Waals surface area contributed by atoms with Crippen molar-refractivity contribution in [2.45, 2.75) is 57.9 Å². The van der Waals surface area contributed by atoms with E-state index in [1.165, 1.54) is 0 Å². The fourth-order valence-electron chi connectivity index (χ4n) is 2.91. The molecule has 152 valence electrons. The van der Waals surface area contributed by atoms with Crippen LogP contribution in [0.5, 0.6) is 0 Å². The number of nitrogens with one attached hydrogen (secondary N) is 2. The highest BCUT2D eigenvalue weighted by Crippen LogP contribution is 2.13. The summed E-state index contributed by atoms with van der Waals surface area (Å²) in [7, 11) is 0. The van der Waals surface area contributed by atoms with Crippen LogP contribution in [0.3, 0.4) is 0 Å². The molecule has 0 aliphatic rings. The topological polar surface area (TPSA) is 70.6 Å². The minimum atomic E-state index is -0.765. The molecule has 0 aromatic heterocycles. The van der Waals surface area contributed by atoms with Gasteiger partial charge in [0.2, 0.25) is 0 Å². The summed E-state index contributed by atoms with van der Waals surface area (Å²) in [6.07, 6.45) is -0.773. The normalized spacial score (nSPS) is 14.8. The summed E-state index contributed by atoms with van der Waals surface area (Å²) in [4.78, 5) is 12.3. The van der Waals surface area contributed by atoms with Gasteiger partial charge in [0.15, 0.2) is 0 Å². The first-order chi connectivity index (χ1) is 13.2. The molecule has 2 rings (SSSR count). The Balaban J connectivity index is 2.01. The molecule has 2 aromatic rings. The van der Waals surface area contributed by atoms with Crippen LogP contribution < -0.4 is 10.6 Å². The van der Waals surface area contributed by atoms with Gasteiger partial charge in [-0.1, -0.05) is 60.7 Å². The minimum Gasteiger partial charge on any atom is -0.444 e. The Morgan fingerprint density at radius 3 is 2.18 bits per heavy atom. The van der Waals surface area contributed by atoms with Gasteiger partial charge in [-0.25, -0.2) is 4.79 Å². The van der Waals surface area contributed by atoms with Crippen LogP contribution in [-0.2, 0) is 11.2 Å². The zero-order valence-electron chi connectivity index (χ0n) is 17.2. The summed E-state index contributed by atoms with van der Waals surface area (Å²) in [6.45, 7) is 7.85. The summed E-state index contributed by atoms with van der Waals surface area (Å²) in [5.41, 5.74) is 1.60. The summed E-state index contributed by atoms with van der Waals surface area (Å²) in [6, 6.07) is 19.5. The standard InChI is InChI=1S/C23H32N2O3/c1-17(19-13-9-6-10-14-19)24-16-21(26)20(15-18-11-7-5-8-12-18)25-22(27)28-23(2,3)4/h5-14,17,20-21,24,26H,15-16H2,1-4H3,(H,25,27)/t17-,20+,21-/m1/s1. The average molecular weight is 385 g/mol. The maximum absolute atomic E-state index is 12.3. The van der Waals surface area contributed by atoms with Crippen LogP contribution in [0.25, 0.3) is 0 Å². The van der Waals surface area contributed by atoms with Crippen molar-refractivity contribution in [2.24, 2.45) is 0 Å². The molecule has 0 heterocycles. The van der Waals surface area contributed by atoms with Crippen molar-refractivity contribution in [3.63, 3.8) is 0 Å². The van der Waals surface area contributed by atoms with Gasteiger partial charge in [-0.05, 0) is 45.2 Å². The van der Waals surface area contributed by atoms with Gasteiger partial charge < -0.3 is 20.5 Å². The third-order valence-electron chi connectivity index (χ3n) is 4.40. The van der Waals surface area contributed by atoms with E-state index < -0.39 is 23.8 Å². The lowest BCUT2D eigenvalue weighted by atomic mass is 10.0. The fraction of sp³-hybridized carbons (Fsp3) is 0.435. The Hall–Kier alpha value is -2.37. The predicted octanol–water partition coefficient (Wildman–Crippen LogP) is 3.83. The van der Waals surface area contributed by atoms with Crippen LogP contribution in [0, 0.1) is 0 Å².